The number of hydrogen-bond acceptors (Lipinski definition) is 2. The standard InChI is InChI=1S/C21H17ClN2O/c22-17-10-6-9-16(13-17)20-23-19-12-5-4-11-18(19)21(25)24(20)14-15-7-2-1-3-8-15/h1-13,20,23H,14H2. The zero-order valence-corrected chi connectivity index (χ0v) is 14.3. The van der Waals surface area contributed by atoms with Crippen LogP contribution in [0.3, 0.4) is 0 Å². The van der Waals surface area contributed by atoms with Crippen molar-refractivity contribution in [2.24, 2.45) is 0 Å². The Morgan fingerprint density at radius 3 is 2.48 bits per heavy atom. The summed E-state index contributed by atoms with van der Waals surface area (Å²) in [7, 11) is 0. The second-order valence-electron chi connectivity index (χ2n) is 6.07. The molecule has 3 nitrogen and oxygen atoms in total. The van der Waals surface area contributed by atoms with Gasteiger partial charge in [-0.1, -0.05) is 66.2 Å². The van der Waals surface area contributed by atoms with Crippen LogP contribution >= 0.6 is 11.6 Å². The summed E-state index contributed by atoms with van der Waals surface area (Å²) >= 11 is 6.18. The summed E-state index contributed by atoms with van der Waals surface area (Å²) in [5, 5.41) is 4.15. The number of amides is 1. The molecular formula is C21H17ClN2O. The number of benzene rings is 3. The normalized spacial score (nSPS) is 16.3. The number of halogens is 1. The van der Waals surface area contributed by atoms with Gasteiger partial charge >= 0.3 is 0 Å². The number of nitrogens with one attached hydrogen (secondary N) is 1. The average molecular weight is 349 g/mol. The van der Waals surface area contributed by atoms with Crippen molar-refractivity contribution >= 4 is 23.2 Å². The molecule has 0 spiro atoms. The Hall–Kier alpha value is -2.78. The fraction of sp³-hybridized carbons (Fsp3) is 0.0952. The molecule has 1 atom stereocenters. The van der Waals surface area contributed by atoms with Gasteiger partial charge in [-0.15, -0.1) is 0 Å². The lowest BCUT2D eigenvalue weighted by Gasteiger charge is -2.38. The molecule has 1 heterocycles. The van der Waals surface area contributed by atoms with Crippen molar-refractivity contribution < 1.29 is 4.79 Å². The first-order valence-corrected chi connectivity index (χ1v) is 8.56. The fourth-order valence-corrected chi connectivity index (χ4v) is 3.37. The quantitative estimate of drug-likeness (QED) is 0.713. The molecule has 1 amide bonds. The number of rotatable bonds is 3. The maximum absolute atomic E-state index is 13.1. The lowest BCUT2D eigenvalue weighted by molar-refractivity contribution is 0.0666. The molecule has 4 rings (SSSR count). The third kappa shape index (κ3) is 3.11. The summed E-state index contributed by atoms with van der Waals surface area (Å²) in [5.41, 5.74) is 3.59. The van der Waals surface area contributed by atoms with Crippen LogP contribution in [0, 0.1) is 0 Å². The minimum absolute atomic E-state index is 0.0168. The molecule has 1 aliphatic heterocycles. The summed E-state index contributed by atoms with van der Waals surface area (Å²) in [4.78, 5) is 15.0. The molecule has 1 N–H and O–H groups in total. The molecule has 3 aromatic rings. The van der Waals surface area contributed by atoms with Crippen LogP contribution in [0.1, 0.15) is 27.7 Å². The van der Waals surface area contributed by atoms with Crippen LogP contribution in [-0.4, -0.2) is 10.8 Å². The fourth-order valence-electron chi connectivity index (χ4n) is 3.18. The summed E-state index contributed by atoms with van der Waals surface area (Å²) in [6.07, 6.45) is -0.263. The SMILES string of the molecule is O=C1c2ccccc2NC(c2cccc(Cl)c2)N1Cc1ccccc1. The van der Waals surface area contributed by atoms with E-state index in [-0.39, 0.29) is 12.1 Å². The summed E-state index contributed by atoms with van der Waals surface area (Å²) in [6, 6.07) is 25.3. The van der Waals surface area contributed by atoms with Gasteiger partial charge in [0.25, 0.3) is 5.91 Å². The Morgan fingerprint density at radius 1 is 0.920 bits per heavy atom. The molecule has 1 aliphatic rings. The highest BCUT2D eigenvalue weighted by molar-refractivity contribution is 6.30. The van der Waals surface area contributed by atoms with Gasteiger partial charge in [0.05, 0.1) is 5.56 Å². The number of carbonyl (C=O) groups excluding carboxylic acids is 1. The summed E-state index contributed by atoms with van der Waals surface area (Å²) < 4.78 is 0. The third-order valence-corrected chi connectivity index (χ3v) is 4.62. The van der Waals surface area contributed by atoms with Crippen molar-refractivity contribution in [1.29, 1.82) is 0 Å². The van der Waals surface area contributed by atoms with E-state index < -0.39 is 0 Å². The van der Waals surface area contributed by atoms with E-state index >= 15 is 0 Å². The van der Waals surface area contributed by atoms with Gasteiger partial charge in [0.2, 0.25) is 0 Å². The number of carbonyl (C=O) groups is 1. The molecule has 0 saturated carbocycles. The highest BCUT2D eigenvalue weighted by atomic mass is 35.5. The average Bonchev–Trinajstić information content (AvgIpc) is 2.65. The lowest BCUT2D eigenvalue weighted by Crippen LogP contribution is -2.42. The number of anilines is 1. The molecule has 0 bridgehead atoms. The van der Waals surface area contributed by atoms with Crippen molar-refractivity contribution in [3.05, 3.63) is 101 Å². The monoisotopic (exact) mass is 348 g/mol. The van der Waals surface area contributed by atoms with Crippen molar-refractivity contribution in [3.63, 3.8) is 0 Å². The minimum Gasteiger partial charge on any atom is -0.361 e. The second kappa shape index (κ2) is 6.61. The number of hydrogen-bond donors (Lipinski definition) is 1. The molecule has 0 saturated heterocycles. The van der Waals surface area contributed by atoms with Crippen LogP contribution in [0.25, 0.3) is 0 Å². The van der Waals surface area contributed by atoms with E-state index in [1.165, 1.54) is 0 Å². The molecule has 0 aliphatic carbocycles. The van der Waals surface area contributed by atoms with Gasteiger partial charge in [-0.05, 0) is 35.4 Å². The Bertz CT molecular complexity index is 911. The Balaban J connectivity index is 1.77. The maximum Gasteiger partial charge on any atom is 0.258 e. The molecule has 4 heteroatoms. The van der Waals surface area contributed by atoms with Crippen molar-refractivity contribution in [2.45, 2.75) is 12.7 Å². The van der Waals surface area contributed by atoms with E-state index in [0.717, 1.165) is 16.8 Å². The van der Waals surface area contributed by atoms with E-state index in [9.17, 15) is 4.79 Å². The highest BCUT2D eigenvalue weighted by Crippen LogP contribution is 2.34. The first kappa shape index (κ1) is 15.7. The van der Waals surface area contributed by atoms with Crippen LogP contribution in [-0.2, 0) is 6.54 Å². The van der Waals surface area contributed by atoms with Crippen LogP contribution in [0.4, 0.5) is 5.69 Å². The molecule has 3 aromatic carbocycles. The molecule has 124 valence electrons. The van der Waals surface area contributed by atoms with Crippen LogP contribution in [0.2, 0.25) is 5.02 Å². The molecule has 0 aromatic heterocycles. The van der Waals surface area contributed by atoms with E-state index in [1.54, 1.807) is 0 Å². The molecule has 25 heavy (non-hydrogen) atoms. The van der Waals surface area contributed by atoms with Gasteiger partial charge in [-0.3, -0.25) is 4.79 Å². The van der Waals surface area contributed by atoms with Crippen molar-refractivity contribution in [1.82, 2.24) is 4.90 Å². The molecular weight excluding hydrogens is 332 g/mol. The van der Waals surface area contributed by atoms with Crippen LogP contribution in [0.5, 0.6) is 0 Å². The summed E-state index contributed by atoms with van der Waals surface area (Å²) in [5.74, 6) is 0.0168. The minimum atomic E-state index is -0.263. The first-order valence-electron chi connectivity index (χ1n) is 8.18. The third-order valence-electron chi connectivity index (χ3n) is 4.38. The largest absolute Gasteiger partial charge is 0.361 e. The Kier molecular flexibility index (Phi) is 4.16. The predicted octanol–water partition coefficient (Wildman–Crippen LogP) is 5.11. The van der Waals surface area contributed by atoms with Crippen molar-refractivity contribution in [3.8, 4) is 0 Å². The topological polar surface area (TPSA) is 32.3 Å². The van der Waals surface area contributed by atoms with Gasteiger partial charge in [-0.25, -0.2) is 0 Å². The molecule has 0 fully saturated rings. The lowest BCUT2D eigenvalue weighted by atomic mass is 10.0. The maximum atomic E-state index is 13.1. The van der Waals surface area contributed by atoms with E-state index in [4.69, 9.17) is 11.6 Å². The van der Waals surface area contributed by atoms with Crippen molar-refractivity contribution in [2.75, 3.05) is 5.32 Å². The smallest absolute Gasteiger partial charge is 0.258 e. The number of fused-ring (bicyclic) bond motifs is 1. The van der Waals surface area contributed by atoms with E-state index in [1.807, 2.05) is 83.8 Å². The molecule has 1 unspecified atom stereocenters. The van der Waals surface area contributed by atoms with Gasteiger partial charge < -0.3 is 10.2 Å². The Labute approximate surface area is 151 Å². The van der Waals surface area contributed by atoms with E-state index in [0.29, 0.717) is 17.1 Å². The molecule has 0 radical (unpaired) electrons. The summed E-state index contributed by atoms with van der Waals surface area (Å²) in [6.45, 7) is 0.526. The van der Waals surface area contributed by atoms with Gasteiger partial charge in [-0.2, -0.15) is 0 Å². The van der Waals surface area contributed by atoms with Crippen LogP contribution in [0.15, 0.2) is 78.9 Å². The zero-order valence-electron chi connectivity index (χ0n) is 13.5. The Morgan fingerprint density at radius 2 is 1.68 bits per heavy atom. The van der Waals surface area contributed by atoms with Gasteiger partial charge in [0, 0.05) is 17.3 Å². The zero-order chi connectivity index (χ0) is 17.2. The van der Waals surface area contributed by atoms with E-state index in [2.05, 4.69) is 5.32 Å². The number of para-hydroxylation sites is 1. The highest BCUT2D eigenvalue weighted by Gasteiger charge is 2.32. The second-order valence-corrected chi connectivity index (χ2v) is 6.50. The van der Waals surface area contributed by atoms with Gasteiger partial charge in [0.1, 0.15) is 6.17 Å². The van der Waals surface area contributed by atoms with Gasteiger partial charge in [0.15, 0.2) is 0 Å². The number of nitrogens with zero attached hydrogens (tertiary/aromatic N) is 1. The van der Waals surface area contributed by atoms with Crippen LogP contribution < -0.4 is 5.32 Å². The first-order chi connectivity index (χ1) is 12.2. The predicted molar refractivity (Wildman–Crippen MR) is 101 cm³/mol.